The third kappa shape index (κ3) is 4.63. The summed E-state index contributed by atoms with van der Waals surface area (Å²) in [5.41, 5.74) is 0.276. The number of aromatic nitrogens is 2. The van der Waals surface area contributed by atoms with Crippen LogP contribution in [-0.2, 0) is 6.54 Å². The summed E-state index contributed by atoms with van der Waals surface area (Å²) in [5.74, 6) is 1.20. The van der Waals surface area contributed by atoms with Gasteiger partial charge in [-0.1, -0.05) is 34.6 Å². The van der Waals surface area contributed by atoms with E-state index in [1.807, 2.05) is 10.8 Å². The average Bonchev–Trinajstić information content (AvgIpc) is 2.63. The summed E-state index contributed by atoms with van der Waals surface area (Å²) in [5, 5.41) is 0. The second-order valence-corrected chi connectivity index (χ2v) is 6.44. The number of hydrogen-bond acceptors (Lipinski definition) is 2. The van der Waals surface area contributed by atoms with Crippen LogP contribution in [-0.4, -0.2) is 15.3 Å². The average molecular weight is 250 g/mol. The van der Waals surface area contributed by atoms with Crippen molar-refractivity contribution < 1.29 is 4.79 Å². The number of aryl methyl sites for hydroxylation is 1. The van der Waals surface area contributed by atoms with E-state index in [9.17, 15) is 4.79 Å². The molecule has 1 heterocycles. The molecule has 0 aromatic carbocycles. The van der Waals surface area contributed by atoms with E-state index in [2.05, 4.69) is 39.6 Å². The van der Waals surface area contributed by atoms with Crippen molar-refractivity contribution in [1.82, 2.24) is 9.55 Å². The third-order valence-corrected chi connectivity index (χ3v) is 2.92. The van der Waals surface area contributed by atoms with Crippen LogP contribution in [0.25, 0.3) is 0 Å². The molecule has 18 heavy (non-hydrogen) atoms. The molecule has 0 radical (unpaired) electrons. The van der Waals surface area contributed by atoms with Gasteiger partial charge in [-0.05, 0) is 24.2 Å². The fourth-order valence-corrected chi connectivity index (χ4v) is 2.51. The Morgan fingerprint density at radius 2 is 2.11 bits per heavy atom. The minimum absolute atomic E-state index is 0.171. The molecule has 0 saturated heterocycles. The normalized spacial score (nSPS) is 13.6. The SMILES string of the molecule is CCCn1ccnc1C(=O)CC(C)CC(C)(C)C. The van der Waals surface area contributed by atoms with E-state index in [-0.39, 0.29) is 11.2 Å². The maximum absolute atomic E-state index is 12.2. The Hall–Kier alpha value is -1.12. The van der Waals surface area contributed by atoms with E-state index >= 15 is 0 Å². The Bertz CT molecular complexity index is 387. The first kappa shape index (κ1) is 14.9. The second-order valence-electron chi connectivity index (χ2n) is 6.44. The molecule has 1 aromatic heterocycles. The van der Waals surface area contributed by atoms with Gasteiger partial charge in [-0.25, -0.2) is 4.98 Å². The molecule has 1 aromatic rings. The number of hydrogen-bond donors (Lipinski definition) is 0. The smallest absolute Gasteiger partial charge is 0.198 e. The Kier molecular flexibility index (Phi) is 5.12. The van der Waals surface area contributed by atoms with Gasteiger partial charge in [0.25, 0.3) is 0 Å². The van der Waals surface area contributed by atoms with Gasteiger partial charge in [-0.15, -0.1) is 0 Å². The van der Waals surface area contributed by atoms with Crippen molar-refractivity contribution in [1.29, 1.82) is 0 Å². The molecule has 1 unspecified atom stereocenters. The first-order valence-corrected chi connectivity index (χ1v) is 6.88. The highest BCUT2D eigenvalue weighted by molar-refractivity contribution is 5.92. The lowest BCUT2D eigenvalue weighted by atomic mass is 9.83. The number of rotatable bonds is 6. The predicted molar refractivity (Wildman–Crippen MR) is 74.7 cm³/mol. The molecule has 102 valence electrons. The lowest BCUT2D eigenvalue weighted by molar-refractivity contribution is 0.0939. The first-order chi connectivity index (χ1) is 8.33. The molecular weight excluding hydrogens is 224 g/mol. The van der Waals surface area contributed by atoms with Crippen LogP contribution in [0.2, 0.25) is 0 Å². The number of nitrogens with zero attached hydrogens (tertiary/aromatic N) is 2. The van der Waals surface area contributed by atoms with Gasteiger partial charge in [0.2, 0.25) is 0 Å². The summed E-state index contributed by atoms with van der Waals surface area (Å²) < 4.78 is 1.96. The second kappa shape index (κ2) is 6.17. The minimum atomic E-state index is 0.171. The van der Waals surface area contributed by atoms with Crippen LogP contribution in [0, 0.1) is 11.3 Å². The number of ketones is 1. The van der Waals surface area contributed by atoms with Crippen molar-refractivity contribution in [3.05, 3.63) is 18.2 Å². The van der Waals surface area contributed by atoms with Crippen molar-refractivity contribution >= 4 is 5.78 Å². The Balaban J connectivity index is 2.62. The molecular formula is C15H26N2O. The zero-order valence-corrected chi connectivity index (χ0v) is 12.4. The Morgan fingerprint density at radius 3 is 2.67 bits per heavy atom. The molecule has 0 aliphatic heterocycles. The van der Waals surface area contributed by atoms with Crippen molar-refractivity contribution in [2.45, 2.75) is 60.4 Å². The lowest BCUT2D eigenvalue weighted by Crippen LogP contribution is -2.17. The zero-order chi connectivity index (χ0) is 13.8. The van der Waals surface area contributed by atoms with Gasteiger partial charge in [-0.2, -0.15) is 0 Å². The molecule has 3 nitrogen and oxygen atoms in total. The van der Waals surface area contributed by atoms with E-state index in [0.717, 1.165) is 19.4 Å². The molecule has 0 saturated carbocycles. The summed E-state index contributed by atoms with van der Waals surface area (Å²) in [6.07, 6.45) is 6.29. The van der Waals surface area contributed by atoms with Gasteiger partial charge in [0.15, 0.2) is 11.6 Å². The molecule has 0 fully saturated rings. The van der Waals surface area contributed by atoms with Crippen molar-refractivity contribution in [2.75, 3.05) is 0 Å². The zero-order valence-electron chi connectivity index (χ0n) is 12.4. The summed E-state index contributed by atoms with van der Waals surface area (Å²) in [4.78, 5) is 16.4. The van der Waals surface area contributed by atoms with Gasteiger partial charge in [0.05, 0.1) is 0 Å². The largest absolute Gasteiger partial charge is 0.329 e. The van der Waals surface area contributed by atoms with Crippen LogP contribution in [0.4, 0.5) is 0 Å². The summed E-state index contributed by atoms with van der Waals surface area (Å²) in [6.45, 7) is 11.8. The van der Waals surface area contributed by atoms with Crippen LogP contribution in [0.15, 0.2) is 12.4 Å². The highest BCUT2D eigenvalue weighted by atomic mass is 16.1. The number of carbonyl (C=O) groups excluding carboxylic acids is 1. The van der Waals surface area contributed by atoms with Crippen LogP contribution in [0.3, 0.4) is 0 Å². The number of Topliss-reactive ketones (excluding diaryl/α,β-unsaturated/α-hetero) is 1. The fraction of sp³-hybridized carbons (Fsp3) is 0.733. The molecule has 0 amide bonds. The topological polar surface area (TPSA) is 34.9 Å². The fourth-order valence-electron chi connectivity index (χ4n) is 2.51. The van der Waals surface area contributed by atoms with Crippen molar-refractivity contribution in [3.8, 4) is 0 Å². The van der Waals surface area contributed by atoms with E-state index in [1.165, 1.54) is 0 Å². The van der Waals surface area contributed by atoms with Gasteiger partial charge < -0.3 is 4.57 Å². The van der Waals surface area contributed by atoms with Gasteiger partial charge >= 0.3 is 0 Å². The highest BCUT2D eigenvalue weighted by Gasteiger charge is 2.20. The summed E-state index contributed by atoms with van der Waals surface area (Å²) in [7, 11) is 0. The van der Waals surface area contributed by atoms with Crippen LogP contribution in [0.1, 0.15) is 64.5 Å². The standard InChI is InChI=1S/C15H26N2O/c1-6-8-17-9-7-16-14(17)13(18)10-12(2)11-15(3,4)5/h7,9,12H,6,8,10-11H2,1-5H3. The van der Waals surface area contributed by atoms with Crippen LogP contribution < -0.4 is 0 Å². The Labute approximate surface area is 111 Å². The monoisotopic (exact) mass is 250 g/mol. The molecule has 0 N–H and O–H groups in total. The molecule has 0 bridgehead atoms. The van der Waals surface area contributed by atoms with Gasteiger partial charge in [0.1, 0.15) is 0 Å². The van der Waals surface area contributed by atoms with E-state index in [1.54, 1.807) is 6.20 Å². The minimum Gasteiger partial charge on any atom is -0.329 e. The quantitative estimate of drug-likeness (QED) is 0.717. The molecule has 0 aliphatic rings. The van der Waals surface area contributed by atoms with Gasteiger partial charge in [0, 0.05) is 25.4 Å². The summed E-state index contributed by atoms with van der Waals surface area (Å²) in [6, 6.07) is 0. The first-order valence-electron chi connectivity index (χ1n) is 6.88. The third-order valence-electron chi connectivity index (χ3n) is 2.92. The van der Waals surface area contributed by atoms with Crippen molar-refractivity contribution in [3.63, 3.8) is 0 Å². The lowest BCUT2D eigenvalue weighted by Gasteiger charge is -2.22. The van der Waals surface area contributed by atoms with Crippen molar-refractivity contribution in [2.24, 2.45) is 11.3 Å². The number of imidazole rings is 1. The maximum atomic E-state index is 12.2. The maximum Gasteiger partial charge on any atom is 0.198 e. The predicted octanol–water partition coefficient (Wildman–Crippen LogP) is 3.94. The highest BCUT2D eigenvalue weighted by Crippen LogP contribution is 2.26. The van der Waals surface area contributed by atoms with E-state index in [0.29, 0.717) is 18.2 Å². The van der Waals surface area contributed by atoms with E-state index < -0.39 is 0 Å². The number of carbonyl (C=O) groups is 1. The molecule has 1 rings (SSSR count). The summed E-state index contributed by atoms with van der Waals surface area (Å²) >= 11 is 0. The van der Waals surface area contributed by atoms with Crippen LogP contribution >= 0.6 is 0 Å². The molecule has 1 atom stereocenters. The van der Waals surface area contributed by atoms with E-state index in [4.69, 9.17) is 0 Å². The molecule has 3 heteroatoms. The Morgan fingerprint density at radius 1 is 1.44 bits per heavy atom. The molecule has 0 spiro atoms. The van der Waals surface area contributed by atoms with Gasteiger partial charge in [-0.3, -0.25) is 4.79 Å². The molecule has 0 aliphatic carbocycles. The van der Waals surface area contributed by atoms with Crippen LogP contribution in [0.5, 0.6) is 0 Å².